The summed E-state index contributed by atoms with van der Waals surface area (Å²) in [4.78, 5) is 28.4. The summed E-state index contributed by atoms with van der Waals surface area (Å²) in [5, 5.41) is 19.0. The van der Waals surface area contributed by atoms with Gasteiger partial charge in [0.05, 0.1) is 28.4 Å². The number of ether oxygens (including phenoxy) is 1. The fourth-order valence-corrected chi connectivity index (χ4v) is 3.39. The maximum absolute atomic E-state index is 13.0. The second-order valence-corrected chi connectivity index (χ2v) is 6.25. The van der Waals surface area contributed by atoms with Crippen LogP contribution in [0.2, 0.25) is 0 Å². The first-order chi connectivity index (χ1) is 14.1. The van der Waals surface area contributed by atoms with Crippen molar-refractivity contribution >= 4 is 23.3 Å². The molecule has 2 aromatic carbocycles. The first-order valence-electron chi connectivity index (χ1n) is 8.98. The monoisotopic (exact) mass is 391 g/mol. The van der Waals surface area contributed by atoms with E-state index in [1.54, 1.807) is 25.1 Å². The summed E-state index contributed by atoms with van der Waals surface area (Å²) < 4.78 is 6.77. The van der Waals surface area contributed by atoms with Gasteiger partial charge >= 0.3 is 5.97 Å². The molecule has 1 aliphatic rings. The normalized spacial score (nSPS) is 15.4. The Morgan fingerprint density at radius 2 is 1.93 bits per heavy atom. The van der Waals surface area contributed by atoms with Gasteiger partial charge in [0, 0.05) is 6.07 Å². The number of benzene rings is 2. The van der Waals surface area contributed by atoms with Crippen LogP contribution >= 0.6 is 0 Å². The predicted octanol–water partition coefficient (Wildman–Crippen LogP) is 3.18. The summed E-state index contributed by atoms with van der Waals surface area (Å²) in [5.74, 6) is -0.205. The van der Waals surface area contributed by atoms with Gasteiger partial charge in [-0.2, -0.15) is 10.1 Å². The molecule has 0 saturated carbocycles. The lowest BCUT2D eigenvalue weighted by Crippen LogP contribution is -2.30. The highest BCUT2D eigenvalue weighted by atomic mass is 16.6. The minimum atomic E-state index is -0.871. The van der Waals surface area contributed by atoms with Gasteiger partial charge in [-0.15, -0.1) is 0 Å². The second kappa shape index (κ2) is 7.55. The molecule has 1 aliphatic heterocycles. The Hall–Kier alpha value is -4.01. The Bertz CT molecular complexity index is 1110. The number of carbonyl (C=O) groups is 1. The van der Waals surface area contributed by atoms with E-state index in [-0.39, 0.29) is 17.9 Å². The van der Waals surface area contributed by atoms with Gasteiger partial charge in [-0.25, -0.2) is 9.48 Å². The SMILES string of the molecule is CCOC(=O)C1=C(c2ccccc2)Nc2ncnn2[C@@H]1c1ccccc1[N+](=O)[O-]. The van der Waals surface area contributed by atoms with Crippen molar-refractivity contribution in [3.63, 3.8) is 0 Å². The van der Waals surface area contributed by atoms with Gasteiger partial charge < -0.3 is 10.1 Å². The van der Waals surface area contributed by atoms with Crippen LogP contribution in [0.15, 0.2) is 66.5 Å². The highest BCUT2D eigenvalue weighted by molar-refractivity contribution is 6.02. The Kier molecular flexibility index (Phi) is 4.78. The summed E-state index contributed by atoms with van der Waals surface area (Å²) in [6.45, 7) is 1.87. The van der Waals surface area contributed by atoms with Gasteiger partial charge in [-0.05, 0) is 18.6 Å². The molecule has 9 nitrogen and oxygen atoms in total. The number of nitrogens with one attached hydrogen (secondary N) is 1. The maximum Gasteiger partial charge on any atom is 0.338 e. The van der Waals surface area contributed by atoms with E-state index in [4.69, 9.17) is 4.74 Å². The van der Waals surface area contributed by atoms with Gasteiger partial charge in [-0.3, -0.25) is 10.1 Å². The molecular formula is C20H17N5O4. The van der Waals surface area contributed by atoms with E-state index in [9.17, 15) is 14.9 Å². The van der Waals surface area contributed by atoms with Gasteiger partial charge in [0.15, 0.2) is 0 Å². The summed E-state index contributed by atoms with van der Waals surface area (Å²) in [6.07, 6.45) is 1.33. The molecule has 1 aromatic heterocycles. The summed E-state index contributed by atoms with van der Waals surface area (Å²) in [7, 11) is 0. The number of aromatic nitrogens is 3. The Morgan fingerprint density at radius 1 is 1.21 bits per heavy atom. The third-order valence-corrected chi connectivity index (χ3v) is 4.58. The van der Waals surface area contributed by atoms with E-state index in [2.05, 4.69) is 15.4 Å². The standard InChI is InChI=1S/C20H17N5O4/c1-2-29-19(26)16-17(13-8-4-3-5-9-13)23-20-21-12-22-24(20)18(16)14-10-6-7-11-15(14)25(27)28/h3-12,18H,2H2,1H3,(H,21,22,23)/t18-/m1/s1. The fraction of sp³-hybridized carbons (Fsp3) is 0.150. The molecule has 4 rings (SSSR count). The van der Waals surface area contributed by atoms with Crippen molar-refractivity contribution < 1.29 is 14.5 Å². The number of nitro groups is 1. The van der Waals surface area contributed by atoms with Crippen molar-refractivity contribution in [2.75, 3.05) is 11.9 Å². The highest BCUT2D eigenvalue weighted by Crippen LogP contribution is 2.41. The molecule has 9 heteroatoms. The highest BCUT2D eigenvalue weighted by Gasteiger charge is 2.39. The van der Waals surface area contributed by atoms with E-state index >= 15 is 0 Å². The molecule has 0 amide bonds. The van der Waals surface area contributed by atoms with Crippen LogP contribution in [0.25, 0.3) is 5.70 Å². The van der Waals surface area contributed by atoms with Crippen molar-refractivity contribution in [1.82, 2.24) is 14.8 Å². The minimum absolute atomic E-state index is 0.116. The third kappa shape index (κ3) is 3.22. The molecule has 0 fully saturated rings. The lowest BCUT2D eigenvalue weighted by molar-refractivity contribution is -0.385. The van der Waals surface area contributed by atoms with E-state index in [1.807, 2.05) is 30.3 Å². The smallest absolute Gasteiger partial charge is 0.338 e. The molecule has 146 valence electrons. The molecule has 29 heavy (non-hydrogen) atoms. The first-order valence-corrected chi connectivity index (χ1v) is 8.98. The van der Waals surface area contributed by atoms with Crippen LogP contribution in [-0.2, 0) is 9.53 Å². The molecule has 0 radical (unpaired) electrons. The van der Waals surface area contributed by atoms with Gasteiger partial charge in [0.2, 0.25) is 5.95 Å². The zero-order valence-electron chi connectivity index (χ0n) is 15.5. The quantitative estimate of drug-likeness (QED) is 0.404. The molecule has 1 N–H and O–H groups in total. The lowest BCUT2D eigenvalue weighted by Gasteiger charge is -2.29. The van der Waals surface area contributed by atoms with Crippen LogP contribution in [-0.4, -0.2) is 32.3 Å². The zero-order chi connectivity index (χ0) is 20.4. The number of anilines is 1. The van der Waals surface area contributed by atoms with E-state index in [1.165, 1.54) is 17.1 Å². The minimum Gasteiger partial charge on any atom is -0.463 e. The molecule has 3 aromatic rings. The van der Waals surface area contributed by atoms with E-state index in [0.29, 0.717) is 17.2 Å². The number of hydrogen-bond acceptors (Lipinski definition) is 7. The van der Waals surface area contributed by atoms with Crippen LogP contribution in [0.5, 0.6) is 0 Å². The van der Waals surface area contributed by atoms with Crippen LogP contribution in [0, 0.1) is 10.1 Å². The van der Waals surface area contributed by atoms with Crippen LogP contribution in [0.3, 0.4) is 0 Å². The molecule has 0 unspecified atom stereocenters. The van der Waals surface area contributed by atoms with Crippen LogP contribution in [0.1, 0.15) is 24.1 Å². The lowest BCUT2D eigenvalue weighted by atomic mass is 9.92. The fourth-order valence-electron chi connectivity index (χ4n) is 3.39. The van der Waals surface area contributed by atoms with Crippen molar-refractivity contribution in [2.45, 2.75) is 13.0 Å². The second-order valence-electron chi connectivity index (χ2n) is 6.25. The number of esters is 1. The largest absolute Gasteiger partial charge is 0.463 e. The molecule has 0 aliphatic carbocycles. The van der Waals surface area contributed by atoms with Gasteiger partial charge in [0.1, 0.15) is 12.4 Å². The Morgan fingerprint density at radius 3 is 2.66 bits per heavy atom. The number of nitro benzene ring substituents is 1. The predicted molar refractivity (Wildman–Crippen MR) is 105 cm³/mol. The third-order valence-electron chi connectivity index (χ3n) is 4.58. The summed E-state index contributed by atoms with van der Waals surface area (Å²) in [6, 6.07) is 14.6. The zero-order valence-corrected chi connectivity index (χ0v) is 15.5. The molecule has 0 spiro atoms. The number of nitrogens with zero attached hydrogens (tertiary/aromatic N) is 4. The number of rotatable bonds is 5. The average molecular weight is 391 g/mol. The summed E-state index contributed by atoms with van der Waals surface area (Å²) >= 11 is 0. The van der Waals surface area contributed by atoms with Gasteiger partial charge in [0.25, 0.3) is 5.69 Å². The van der Waals surface area contributed by atoms with Crippen LogP contribution in [0.4, 0.5) is 11.6 Å². The Balaban J connectivity index is 2.02. The topological polar surface area (TPSA) is 112 Å². The van der Waals surface area contributed by atoms with Crippen molar-refractivity contribution in [1.29, 1.82) is 0 Å². The number of hydrogen-bond donors (Lipinski definition) is 1. The maximum atomic E-state index is 13.0. The van der Waals surface area contributed by atoms with E-state index in [0.717, 1.165) is 5.56 Å². The Labute approximate surface area is 165 Å². The molecule has 0 bridgehead atoms. The molecular weight excluding hydrogens is 374 g/mol. The van der Waals surface area contributed by atoms with Gasteiger partial charge in [-0.1, -0.05) is 42.5 Å². The van der Waals surface area contributed by atoms with Crippen LogP contribution < -0.4 is 5.32 Å². The average Bonchev–Trinajstić information content (AvgIpc) is 3.21. The molecule has 1 atom stereocenters. The number of fused-ring (bicyclic) bond motifs is 1. The van der Waals surface area contributed by atoms with Crippen molar-refractivity contribution in [3.05, 3.63) is 87.7 Å². The summed E-state index contributed by atoms with van der Waals surface area (Å²) in [5.41, 5.74) is 1.64. The molecule has 0 saturated heterocycles. The number of carbonyl (C=O) groups excluding carboxylic acids is 1. The first kappa shape index (κ1) is 18.4. The molecule has 2 heterocycles. The number of para-hydroxylation sites is 1. The van der Waals surface area contributed by atoms with Crippen molar-refractivity contribution in [3.8, 4) is 0 Å². The van der Waals surface area contributed by atoms with Crippen molar-refractivity contribution in [2.24, 2.45) is 0 Å². The van der Waals surface area contributed by atoms with E-state index < -0.39 is 16.9 Å².